The van der Waals surface area contributed by atoms with Gasteiger partial charge in [0.1, 0.15) is 0 Å². The van der Waals surface area contributed by atoms with Crippen molar-refractivity contribution in [3.63, 3.8) is 0 Å². The molecule has 0 aromatic rings. The SMILES string of the molecule is CCCCC(CC)COCC(C)(CC)C1CO1. The summed E-state index contributed by atoms with van der Waals surface area (Å²) in [7, 11) is 0. The molecule has 0 amide bonds. The third-order valence-corrected chi connectivity index (χ3v) is 4.25. The Morgan fingerprint density at radius 3 is 2.53 bits per heavy atom. The predicted octanol–water partition coefficient (Wildman–Crippen LogP) is 4.03. The number of rotatable bonds is 10. The Hall–Kier alpha value is -0.0800. The van der Waals surface area contributed by atoms with Crippen molar-refractivity contribution in [1.29, 1.82) is 0 Å². The maximum atomic E-state index is 5.96. The van der Waals surface area contributed by atoms with Gasteiger partial charge in [-0.1, -0.05) is 47.0 Å². The Balaban J connectivity index is 2.20. The van der Waals surface area contributed by atoms with Gasteiger partial charge in [0, 0.05) is 12.0 Å². The molecule has 1 rings (SSSR count). The summed E-state index contributed by atoms with van der Waals surface area (Å²) in [6.07, 6.45) is 6.77. The van der Waals surface area contributed by atoms with Crippen LogP contribution in [-0.2, 0) is 9.47 Å². The van der Waals surface area contributed by atoms with E-state index in [0.717, 1.165) is 32.2 Å². The highest BCUT2D eigenvalue weighted by molar-refractivity contribution is 4.89. The summed E-state index contributed by atoms with van der Waals surface area (Å²) in [6, 6.07) is 0. The Morgan fingerprint density at radius 2 is 2.06 bits per heavy atom. The zero-order chi connectivity index (χ0) is 12.7. The molecule has 0 bridgehead atoms. The molecule has 3 unspecified atom stereocenters. The van der Waals surface area contributed by atoms with Crippen molar-refractivity contribution in [2.24, 2.45) is 11.3 Å². The van der Waals surface area contributed by atoms with Gasteiger partial charge >= 0.3 is 0 Å². The van der Waals surface area contributed by atoms with Gasteiger partial charge in [-0.15, -0.1) is 0 Å². The topological polar surface area (TPSA) is 21.8 Å². The average molecular weight is 242 g/mol. The molecule has 102 valence electrons. The van der Waals surface area contributed by atoms with Crippen LogP contribution in [0.4, 0.5) is 0 Å². The van der Waals surface area contributed by atoms with Crippen molar-refractivity contribution in [3.8, 4) is 0 Å². The van der Waals surface area contributed by atoms with E-state index in [2.05, 4.69) is 27.7 Å². The van der Waals surface area contributed by atoms with Crippen LogP contribution in [0.5, 0.6) is 0 Å². The summed E-state index contributed by atoms with van der Waals surface area (Å²) in [4.78, 5) is 0. The van der Waals surface area contributed by atoms with Gasteiger partial charge in [0.15, 0.2) is 0 Å². The van der Waals surface area contributed by atoms with Gasteiger partial charge in [-0.3, -0.25) is 0 Å². The Labute approximate surface area is 107 Å². The van der Waals surface area contributed by atoms with E-state index in [1.165, 1.54) is 25.7 Å². The Morgan fingerprint density at radius 1 is 1.35 bits per heavy atom. The molecular weight excluding hydrogens is 212 g/mol. The molecule has 0 aromatic carbocycles. The summed E-state index contributed by atoms with van der Waals surface area (Å²) < 4.78 is 11.4. The van der Waals surface area contributed by atoms with E-state index in [0.29, 0.717) is 6.10 Å². The highest BCUT2D eigenvalue weighted by atomic mass is 16.6. The predicted molar refractivity (Wildman–Crippen MR) is 72.3 cm³/mol. The van der Waals surface area contributed by atoms with E-state index in [4.69, 9.17) is 9.47 Å². The fraction of sp³-hybridized carbons (Fsp3) is 1.00. The van der Waals surface area contributed by atoms with Gasteiger partial charge < -0.3 is 9.47 Å². The van der Waals surface area contributed by atoms with Crippen LogP contribution in [0.2, 0.25) is 0 Å². The highest BCUT2D eigenvalue weighted by Gasteiger charge is 2.42. The van der Waals surface area contributed by atoms with Crippen LogP contribution < -0.4 is 0 Å². The molecule has 17 heavy (non-hydrogen) atoms. The lowest BCUT2D eigenvalue weighted by Gasteiger charge is -2.27. The highest BCUT2D eigenvalue weighted by Crippen LogP contribution is 2.36. The number of epoxide rings is 1. The number of ether oxygens (including phenoxy) is 2. The molecule has 2 nitrogen and oxygen atoms in total. The molecule has 0 saturated carbocycles. The van der Waals surface area contributed by atoms with Crippen LogP contribution in [0.3, 0.4) is 0 Å². The minimum absolute atomic E-state index is 0.239. The molecule has 3 atom stereocenters. The second kappa shape index (κ2) is 7.38. The standard InChI is InChI=1S/C15H30O2/c1-5-8-9-13(6-2)10-16-12-15(4,7-3)14-11-17-14/h13-14H,5-12H2,1-4H3. The van der Waals surface area contributed by atoms with Gasteiger partial charge in [0.2, 0.25) is 0 Å². The zero-order valence-electron chi connectivity index (χ0n) is 12.1. The summed E-state index contributed by atoms with van der Waals surface area (Å²) >= 11 is 0. The summed E-state index contributed by atoms with van der Waals surface area (Å²) in [6.45, 7) is 11.8. The van der Waals surface area contributed by atoms with Crippen molar-refractivity contribution in [2.75, 3.05) is 19.8 Å². The molecule has 0 aromatic heterocycles. The number of hydrogen-bond donors (Lipinski definition) is 0. The van der Waals surface area contributed by atoms with Gasteiger partial charge in [-0.25, -0.2) is 0 Å². The van der Waals surface area contributed by atoms with E-state index >= 15 is 0 Å². The molecule has 0 N–H and O–H groups in total. The van der Waals surface area contributed by atoms with E-state index in [1.54, 1.807) is 0 Å². The first-order valence-electron chi connectivity index (χ1n) is 7.35. The van der Waals surface area contributed by atoms with Gasteiger partial charge in [0.05, 0.1) is 19.3 Å². The van der Waals surface area contributed by atoms with E-state index in [9.17, 15) is 0 Å². The lowest BCUT2D eigenvalue weighted by molar-refractivity contribution is 0.0144. The summed E-state index contributed by atoms with van der Waals surface area (Å²) in [5, 5.41) is 0. The molecule has 0 aliphatic carbocycles. The normalized spacial score (nSPS) is 24.4. The minimum atomic E-state index is 0.239. The second-order valence-corrected chi connectivity index (χ2v) is 5.76. The molecule has 0 radical (unpaired) electrons. The first-order valence-corrected chi connectivity index (χ1v) is 7.35. The van der Waals surface area contributed by atoms with Crippen LogP contribution in [-0.4, -0.2) is 25.9 Å². The molecule has 2 heteroatoms. The quantitative estimate of drug-likeness (QED) is 0.539. The second-order valence-electron chi connectivity index (χ2n) is 5.76. The Bertz CT molecular complexity index is 201. The van der Waals surface area contributed by atoms with E-state index in [1.807, 2.05) is 0 Å². The molecule has 0 spiro atoms. The lowest BCUT2D eigenvalue weighted by atomic mass is 9.85. The monoisotopic (exact) mass is 242 g/mol. The van der Waals surface area contributed by atoms with Crippen LogP contribution in [0, 0.1) is 11.3 Å². The largest absolute Gasteiger partial charge is 0.380 e. The van der Waals surface area contributed by atoms with Gasteiger partial charge in [0.25, 0.3) is 0 Å². The van der Waals surface area contributed by atoms with Crippen molar-refractivity contribution in [2.45, 2.75) is 65.9 Å². The fourth-order valence-corrected chi connectivity index (χ4v) is 2.23. The molecule has 1 fully saturated rings. The van der Waals surface area contributed by atoms with Gasteiger partial charge in [-0.2, -0.15) is 0 Å². The number of hydrogen-bond acceptors (Lipinski definition) is 2. The van der Waals surface area contributed by atoms with Crippen molar-refractivity contribution < 1.29 is 9.47 Å². The lowest BCUT2D eigenvalue weighted by Crippen LogP contribution is -2.30. The Kier molecular flexibility index (Phi) is 6.50. The molecule has 1 saturated heterocycles. The first kappa shape index (κ1) is 15.0. The van der Waals surface area contributed by atoms with E-state index < -0.39 is 0 Å². The van der Waals surface area contributed by atoms with Crippen LogP contribution in [0.15, 0.2) is 0 Å². The van der Waals surface area contributed by atoms with Gasteiger partial charge in [-0.05, 0) is 18.8 Å². The molecule has 1 heterocycles. The molecular formula is C15H30O2. The molecule has 1 aliphatic heterocycles. The zero-order valence-corrected chi connectivity index (χ0v) is 12.1. The smallest absolute Gasteiger partial charge is 0.0885 e. The maximum Gasteiger partial charge on any atom is 0.0885 e. The minimum Gasteiger partial charge on any atom is -0.380 e. The van der Waals surface area contributed by atoms with Crippen LogP contribution in [0.1, 0.15) is 59.8 Å². The summed E-state index contributed by atoms with van der Waals surface area (Å²) in [5.74, 6) is 0.746. The third-order valence-electron chi connectivity index (χ3n) is 4.25. The maximum absolute atomic E-state index is 5.96. The van der Waals surface area contributed by atoms with Crippen LogP contribution >= 0.6 is 0 Å². The number of unbranched alkanes of at least 4 members (excludes halogenated alkanes) is 1. The summed E-state index contributed by atoms with van der Waals surface area (Å²) in [5.41, 5.74) is 0.239. The first-order chi connectivity index (χ1) is 8.16. The van der Waals surface area contributed by atoms with Crippen molar-refractivity contribution >= 4 is 0 Å². The average Bonchev–Trinajstić information content (AvgIpc) is 3.17. The van der Waals surface area contributed by atoms with Crippen molar-refractivity contribution in [3.05, 3.63) is 0 Å². The molecule has 1 aliphatic rings. The van der Waals surface area contributed by atoms with Crippen molar-refractivity contribution in [1.82, 2.24) is 0 Å². The fourth-order valence-electron chi connectivity index (χ4n) is 2.23. The van der Waals surface area contributed by atoms with Crippen LogP contribution in [0.25, 0.3) is 0 Å². The third kappa shape index (κ3) is 4.97. The van der Waals surface area contributed by atoms with E-state index in [-0.39, 0.29) is 5.41 Å².